The maximum atomic E-state index is 14.2. The van der Waals surface area contributed by atoms with Crippen molar-refractivity contribution in [1.29, 1.82) is 0 Å². The highest BCUT2D eigenvalue weighted by atomic mass is 127. The fourth-order valence-electron chi connectivity index (χ4n) is 5.47. The predicted molar refractivity (Wildman–Crippen MR) is 183 cm³/mol. The van der Waals surface area contributed by atoms with Crippen molar-refractivity contribution in [2.75, 3.05) is 26.9 Å². The van der Waals surface area contributed by atoms with Crippen LogP contribution in [0, 0.1) is 17.4 Å². The van der Waals surface area contributed by atoms with E-state index in [0.29, 0.717) is 38.7 Å². The zero-order valence-corrected chi connectivity index (χ0v) is 29.4. The maximum Gasteiger partial charge on any atom is 0.343 e. The Labute approximate surface area is 283 Å². The number of aryl methyl sites for hydroxylation is 1. The molecule has 0 spiro atoms. The number of nitrogens with zero attached hydrogens (tertiary/aromatic N) is 3. The third-order valence-electron chi connectivity index (χ3n) is 7.50. The molecule has 0 saturated heterocycles. The standard InChI is InChI=1S/C34H34IN3O7S/c1-7-43-27-15-22(12-13-26(27)45-18-29(39)42-6)31-30(33(41)44-8-2)20(4)36-34-38(31)32(40)28(46-34)16-23-14-19(3)37(21(23)5)25-11-9-10-24(35)17-25/h9-17,31H,7-8,18H2,1-6H3/b28-16-/t31-/m1/s1. The molecule has 1 aliphatic heterocycles. The van der Waals surface area contributed by atoms with Crippen molar-refractivity contribution in [2.24, 2.45) is 4.99 Å². The van der Waals surface area contributed by atoms with Gasteiger partial charge in [0.15, 0.2) is 22.9 Å². The van der Waals surface area contributed by atoms with E-state index in [1.807, 2.05) is 39.0 Å². The lowest BCUT2D eigenvalue weighted by atomic mass is 9.95. The molecular formula is C34H34IN3O7S. The number of esters is 2. The molecule has 2 aromatic carbocycles. The molecule has 3 heterocycles. The Morgan fingerprint density at radius 2 is 1.80 bits per heavy atom. The van der Waals surface area contributed by atoms with Gasteiger partial charge in [-0.3, -0.25) is 9.36 Å². The summed E-state index contributed by atoms with van der Waals surface area (Å²) in [7, 11) is 1.28. The summed E-state index contributed by atoms with van der Waals surface area (Å²) in [4.78, 5) is 44.5. The van der Waals surface area contributed by atoms with E-state index in [1.54, 1.807) is 32.0 Å². The minimum absolute atomic E-state index is 0.160. The molecule has 0 aliphatic carbocycles. The first-order valence-corrected chi connectivity index (χ1v) is 16.6. The largest absolute Gasteiger partial charge is 0.490 e. The highest BCUT2D eigenvalue weighted by molar-refractivity contribution is 14.1. The molecule has 0 radical (unpaired) electrons. The first-order valence-electron chi connectivity index (χ1n) is 14.7. The van der Waals surface area contributed by atoms with Crippen LogP contribution in [0.3, 0.4) is 0 Å². The van der Waals surface area contributed by atoms with Gasteiger partial charge in [0.25, 0.3) is 5.56 Å². The first kappa shape index (κ1) is 33.2. The Hall–Kier alpha value is -4.17. The number of carbonyl (C=O) groups excluding carboxylic acids is 2. The van der Waals surface area contributed by atoms with E-state index in [1.165, 1.54) is 23.0 Å². The highest BCUT2D eigenvalue weighted by Gasteiger charge is 2.34. The average molecular weight is 756 g/mol. The van der Waals surface area contributed by atoms with Gasteiger partial charge in [-0.15, -0.1) is 0 Å². The molecule has 0 fully saturated rings. The van der Waals surface area contributed by atoms with E-state index in [9.17, 15) is 14.4 Å². The number of methoxy groups -OCH3 is 1. The topological polar surface area (TPSA) is 110 Å². The molecule has 5 rings (SSSR count). The van der Waals surface area contributed by atoms with Crippen molar-refractivity contribution in [1.82, 2.24) is 9.13 Å². The van der Waals surface area contributed by atoms with Crippen LogP contribution < -0.4 is 24.4 Å². The molecule has 2 aromatic heterocycles. The first-order chi connectivity index (χ1) is 22.1. The smallest absolute Gasteiger partial charge is 0.343 e. The Morgan fingerprint density at radius 1 is 1.02 bits per heavy atom. The molecule has 4 aromatic rings. The van der Waals surface area contributed by atoms with Gasteiger partial charge in [-0.25, -0.2) is 14.6 Å². The molecule has 46 heavy (non-hydrogen) atoms. The molecule has 0 unspecified atom stereocenters. The van der Waals surface area contributed by atoms with Gasteiger partial charge < -0.3 is 23.5 Å². The summed E-state index contributed by atoms with van der Waals surface area (Å²) < 4.78 is 26.9. The number of hydrogen-bond donors (Lipinski definition) is 0. The zero-order chi connectivity index (χ0) is 33.1. The number of halogens is 1. The summed E-state index contributed by atoms with van der Waals surface area (Å²) in [5, 5.41) is 0. The van der Waals surface area contributed by atoms with E-state index in [2.05, 4.69) is 45.4 Å². The van der Waals surface area contributed by atoms with Crippen LogP contribution in [-0.2, 0) is 19.1 Å². The Balaban J connectivity index is 1.67. The number of aromatic nitrogens is 2. The second-order valence-electron chi connectivity index (χ2n) is 10.4. The molecule has 240 valence electrons. The summed E-state index contributed by atoms with van der Waals surface area (Å²) in [6.45, 7) is 9.53. The fraction of sp³-hybridized carbons (Fsp3) is 0.294. The second-order valence-corrected chi connectivity index (χ2v) is 12.7. The number of fused-ring (bicyclic) bond motifs is 1. The van der Waals surface area contributed by atoms with Crippen LogP contribution in [-0.4, -0.2) is 48.0 Å². The highest BCUT2D eigenvalue weighted by Crippen LogP contribution is 2.36. The van der Waals surface area contributed by atoms with Gasteiger partial charge in [-0.1, -0.05) is 23.5 Å². The molecule has 0 amide bonds. The van der Waals surface area contributed by atoms with E-state index in [4.69, 9.17) is 23.9 Å². The molecule has 1 atom stereocenters. The molecule has 0 bridgehead atoms. The Morgan fingerprint density at radius 3 is 2.50 bits per heavy atom. The van der Waals surface area contributed by atoms with Crippen LogP contribution in [0.2, 0.25) is 0 Å². The molecule has 0 saturated carbocycles. The van der Waals surface area contributed by atoms with Gasteiger partial charge >= 0.3 is 11.9 Å². The van der Waals surface area contributed by atoms with Crippen molar-refractivity contribution >= 4 is 51.9 Å². The summed E-state index contributed by atoms with van der Waals surface area (Å²) in [6, 6.07) is 14.6. The van der Waals surface area contributed by atoms with E-state index >= 15 is 0 Å². The third kappa shape index (κ3) is 6.54. The molecule has 0 N–H and O–H groups in total. The number of carbonyl (C=O) groups is 2. The monoisotopic (exact) mass is 755 g/mol. The normalized spacial score (nSPS) is 14.5. The fourth-order valence-corrected chi connectivity index (χ4v) is 7.04. The van der Waals surface area contributed by atoms with Crippen LogP contribution in [0.1, 0.15) is 49.3 Å². The van der Waals surface area contributed by atoms with Crippen molar-refractivity contribution in [3.63, 3.8) is 0 Å². The van der Waals surface area contributed by atoms with Gasteiger partial charge in [-0.2, -0.15) is 0 Å². The molecular weight excluding hydrogens is 721 g/mol. The van der Waals surface area contributed by atoms with Gasteiger partial charge in [0.2, 0.25) is 0 Å². The van der Waals surface area contributed by atoms with Crippen molar-refractivity contribution in [2.45, 2.75) is 40.7 Å². The zero-order valence-electron chi connectivity index (χ0n) is 26.4. The van der Waals surface area contributed by atoms with Crippen LogP contribution in [0.15, 0.2) is 69.6 Å². The van der Waals surface area contributed by atoms with Crippen LogP contribution >= 0.6 is 33.9 Å². The Bertz CT molecular complexity index is 2040. The van der Waals surface area contributed by atoms with Crippen LogP contribution in [0.5, 0.6) is 11.5 Å². The lowest BCUT2D eigenvalue weighted by Crippen LogP contribution is -2.40. The quantitative estimate of drug-likeness (QED) is 0.170. The van der Waals surface area contributed by atoms with Crippen molar-refractivity contribution in [3.8, 4) is 17.2 Å². The van der Waals surface area contributed by atoms with Gasteiger partial charge in [0.05, 0.1) is 42.2 Å². The van der Waals surface area contributed by atoms with Gasteiger partial charge in [0, 0.05) is 20.6 Å². The third-order valence-corrected chi connectivity index (χ3v) is 9.15. The van der Waals surface area contributed by atoms with Crippen molar-refractivity contribution in [3.05, 3.63) is 106 Å². The lowest BCUT2D eigenvalue weighted by molar-refractivity contribution is -0.143. The summed E-state index contributed by atoms with van der Waals surface area (Å²) >= 11 is 3.56. The van der Waals surface area contributed by atoms with E-state index in [0.717, 1.165) is 26.2 Å². The molecule has 10 nitrogen and oxygen atoms in total. The van der Waals surface area contributed by atoms with E-state index in [-0.39, 0.29) is 24.3 Å². The van der Waals surface area contributed by atoms with Crippen molar-refractivity contribution < 1.29 is 28.5 Å². The number of benzene rings is 2. The number of hydrogen-bond acceptors (Lipinski definition) is 9. The lowest BCUT2D eigenvalue weighted by Gasteiger charge is -2.25. The SMILES string of the molecule is CCOC(=O)C1=C(C)N=c2s/c(=C\c3cc(C)n(-c4cccc(I)c4)c3C)c(=O)n2[C@@H]1c1ccc(OCC(=O)OC)c(OCC)c1. The second kappa shape index (κ2) is 14.1. The number of ether oxygens (including phenoxy) is 4. The Kier molecular flexibility index (Phi) is 10.2. The number of allylic oxidation sites excluding steroid dienone is 1. The summed E-state index contributed by atoms with van der Waals surface area (Å²) in [5.41, 5.74) is 5.00. The maximum absolute atomic E-state index is 14.2. The number of thiazole rings is 1. The average Bonchev–Trinajstić information content (AvgIpc) is 3.48. The van der Waals surface area contributed by atoms with Crippen LogP contribution in [0.4, 0.5) is 0 Å². The molecule has 12 heteroatoms. The van der Waals surface area contributed by atoms with E-state index < -0.39 is 18.0 Å². The summed E-state index contributed by atoms with van der Waals surface area (Å²) in [5.74, 6) is -0.425. The minimum atomic E-state index is -0.842. The molecule has 1 aliphatic rings. The van der Waals surface area contributed by atoms with Crippen LogP contribution in [0.25, 0.3) is 11.8 Å². The predicted octanol–water partition coefficient (Wildman–Crippen LogP) is 4.76. The summed E-state index contributed by atoms with van der Waals surface area (Å²) in [6.07, 6.45) is 1.88. The minimum Gasteiger partial charge on any atom is -0.490 e. The van der Waals surface area contributed by atoms with Gasteiger partial charge in [-0.05, 0) is 111 Å². The number of rotatable bonds is 10. The van der Waals surface area contributed by atoms with Gasteiger partial charge in [0.1, 0.15) is 0 Å².